The molecule has 3 aromatic rings. The van der Waals surface area contributed by atoms with Crippen LogP contribution in [0, 0.1) is 17.1 Å². The number of nitriles is 1. The second kappa shape index (κ2) is 8.51. The van der Waals surface area contributed by atoms with E-state index in [-0.39, 0.29) is 12.0 Å². The Bertz CT molecular complexity index is 978. The van der Waals surface area contributed by atoms with Crippen LogP contribution in [0.1, 0.15) is 29.1 Å². The van der Waals surface area contributed by atoms with Gasteiger partial charge in [0.1, 0.15) is 17.4 Å². The molecule has 1 aromatic carbocycles. The van der Waals surface area contributed by atoms with E-state index in [1.807, 2.05) is 16.7 Å². The molecule has 0 saturated heterocycles. The van der Waals surface area contributed by atoms with Crippen molar-refractivity contribution in [3.63, 3.8) is 0 Å². The van der Waals surface area contributed by atoms with Gasteiger partial charge in [-0.3, -0.25) is 9.36 Å². The predicted molar refractivity (Wildman–Crippen MR) is 96.0 cm³/mol. The van der Waals surface area contributed by atoms with Crippen LogP contribution in [0.4, 0.5) is 4.39 Å². The van der Waals surface area contributed by atoms with Crippen molar-refractivity contribution in [3.8, 4) is 6.07 Å². The molecule has 0 unspecified atom stereocenters. The fourth-order valence-electron chi connectivity index (χ4n) is 2.44. The van der Waals surface area contributed by atoms with Gasteiger partial charge in [-0.15, -0.1) is 10.2 Å². The lowest BCUT2D eigenvalue weighted by molar-refractivity contribution is -0.118. The molecule has 0 atom stereocenters. The number of hydrogen-bond donors (Lipinski definition) is 1. The number of aromatic nitrogens is 3. The Hall–Kier alpha value is -3.12. The summed E-state index contributed by atoms with van der Waals surface area (Å²) in [4.78, 5) is 11.1. The van der Waals surface area contributed by atoms with Crippen molar-refractivity contribution in [1.29, 1.82) is 5.26 Å². The smallest absolute Gasteiger partial charge is 0.217 e. The van der Waals surface area contributed by atoms with Gasteiger partial charge in [0.2, 0.25) is 5.91 Å². The first kappa shape index (κ1) is 18.7. The molecule has 0 aliphatic heterocycles. The molecule has 2 N–H and O–H groups in total. The van der Waals surface area contributed by atoms with Crippen molar-refractivity contribution >= 4 is 17.7 Å². The molecule has 0 aliphatic carbocycles. The highest BCUT2D eigenvalue weighted by atomic mass is 32.2. The van der Waals surface area contributed by atoms with Gasteiger partial charge in [-0.2, -0.15) is 5.26 Å². The maximum absolute atomic E-state index is 14.1. The first-order chi connectivity index (χ1) is 13.1. The van der Waals surface area contributed by atoms with Gasteiger partial charge in [0.15, 0.2) is 5.16 Å². The van der Waals surface area contributed by atoms with E-state index in [0.717, 1.165) is 0 Å². The van der Waals surface area contributed by atoms with Crippen molar-refractivity contribution in [1.82, 2.24) is 14.8 Å². The first-order valence-corrected chi connectivity index (χ1v) is 9.09. The van der Waals surface area contributed by atoms with Crippen LogP contribution >= 0.6 is 11.8 Å². The zero-order chi connectivity index (χ0) is 19.2. The zero-order valence-corrected chi connectivity index (χ0v) is 15.1. The molecule has 2 aromatic heterocycles. The van der Waals surface area contributed by atoms with E-state index >= 15 is 0 Å². The van der Waals surface area contributed by atoms with Crippen LogP contribution in [-0.2, 0) is 23.5 Å². The first-order valence-electron chi connectivity index (χ1n) is 8.11. The van der Waals surface area contributed by atoms with E-state index in [1.165, 1.54) is 17.8 Å². The molecule has 27 heavy (non-hydrogen) atoms. The highest BCUT2D eigenvalue weighted by Gasteiger charge is 2.16. The molecule has 7 nitrogen and oxygen atoms in total. The number of rotatable bonds is 8. The number of aryl methyl sites for hydroxylation is 1. The average Bonchev–Trinajstić information content (AvgIpc) is 3.29. The van der Waals surface area contributed by atoms with E-state index in [2.05, 4.69) is 10.2 Å². The topological polar surface area (TPSA) is 111 Å². The number of nitrogens with zero attached hydrogens (tertiary/aromatic N) is 4. The minimum Gasteiger partial charge on any atom is -0.467 e. The van der Waals surface area contributed by atoms with Gasteiger partial charge in [-0.1, -0.05) is 17.8 Å². The number of carbonyl (C=O) groups excluding carboxylic acids is 1. The molecular weight excluding hydrogens is 369 g/mol. The van der Waals surface area contributed by atoms with Gasteiger partial charge in [0.05, 0.1) is 24.4 Å². The van der Waals surface area contributed by atoms with Crippen LogP contribution in [0.3, 0.4) is 0 Å². The Labute approximate surface area is 159 Å². The Morgan fingerprint density at radius 1 is 1.37 bits per heavy atom. The quantitative estimate of drug-likeness (QED) is 0.597. The fourth-order valence-corrected chi connectivity index (χ4v) is 3.38. The third-order valence-electron chi connectivity index (χ3n) is 3.82. The molecule has 1 amide bonds. The number of nitrogens with two attached hydrogens (primary N) is 1. The Morgan fingerprint density at radius 2 is 2.22 bits per heavy atom. The average molecular weight is 385 g/mol. The van der Waals surface area contributed by atoms with Gasteiger partial charge in [0.25, 0.3) is 0 Å². The highest BCUT2D eigenvalue weighted by molar-refractivity contribution is 7.98. The van der Waals surface area contributed by atoms with Crippen molar-refractivity contribution in [2.75, 3.05) is 0 Å². The number of thioether (sulfide) groups is 1. The van der Waals surface area contributed by atoms with Crippen molar-refractivity contribution in [2.24, 2.45) is 5.73 Å². The normalized spacial score (nSPS) is 10.7. The summed E-state index contributed by atoms with van der Waals surface area (Å²) < 4.78 is 21.3. The van der Waals surface area contributed by atoms with Crippen molar-refractivity contribution in [2.45, 2.75) is 30.3 Å². The second-order valence-corrected chi connectivity index (χ2v) is 6.68. The van der Waals surface area contributed by atoms with Crippen molar-refractivity contribution < 1.29 is 13.6 Å². The van der Waals surface area contributed by atoms with Crippen LogP contribution < -0.4 is 5.73 Å². The zero-order valence-electron chi connectivity index (χ0n) is 14.3. The number of halogens is 1. The third-order valence-corrected chi connectivity index (χ3v) is 4.84. The molecule has 138 valence electrons. The van der Waals surface area contributed by atoms with Crippen LogP contribution in [0.5, 0.6) is 0 Å². The summed E-state index contributed by atoms with van der Waals surface area (Å²) in [5.41, 5.74) is 5.96. The Morgan fingerprint density at radius 3 is 2.89 bits per heavy atom. The summed E-state index contributed by atoms with van der Waals surface area (Å²) >= 11 is 1.31. The minimum atomic E-state index is -0.437. The molecule has 2 heterocycles. The molecule has 0 aliphatic rings. The molecule has 0 spiro atoms. The van der Waals surface area contributed by atoms with Gasteiger partial charge in [-0.25, -0.2) is 4.39 Å². The highest BCUT2D eigenvalue weighted by Crippen LogP contribution is 2.25. The predicted octanol–water partition coefficient (Wildman–Crippen LogP) is 2.64. The van der Waals surface area contributed by atoms with E-state index in [1.54, 1.807) is 24.5 Å². The SMILES string of the molecule is N#Cc1ccc(CSc2nnc(CCC(N)=O)n2Cc2ccco2)c(F)c1. The van der Waals surface area contributed by atoms with E-state index in [4.69, 9.17) is 15.4 Å². The lowest BCUT2D eigenvalue weighted by Crippen LogP contribution is -2.14. The van der Waals surface area contributed by atoms with Gasteiger partial charge >= 0.3 is 0 Å². The molecule has 0 saturated carbocycles. The lowest BCUT2D eigenvalue weighted by Gasteiger charge is -2.09. The summed E-state index contributed by atoms with van der Waals surface area (Å²) in [5, 5.41) is 17.7. The van der Waals surface area contributed by atoms with E-state index in [9.17, 15) is 9.18 Å². The maximum Gasteiger partial charge on any atom is 0.217 e. The standard InChI is InChI=1S/C18H16FN5O2S/c19-15-8-12(9-20)3-4-13(15)11-27-18-23-22-17(6-5-16(21)25)24(18)10-14-2-1-7-26-14/h1-4,7-8H,5-6,10-11H2,(H2,21,25). The van der Waals surface area contributed by atoms with Gasteiger partial charge < -0.3 is 10.2 Å². The fraction of sp³-hybridized carbons (Fsp3) is 0.222. The summed E-state index contributed by atoms with van der Waals surface area (Å²) in [7, 11) is 0. The summed E-state index contributed by atoms with van der Waals surface area (Å²) in [6.45, 7) is 0.395. The van der Waals surface area contributed by atoms with Crippen LogP contribution in [0.15, 0.2) is 46.2 Å². The van der Waals surface area contributed by atoms with Gasteiger partial charge in [0, 0.05) is 18.6 Å². The minimum absolute atomic E-state index is 0.158. The molecule has 0 bridgehead atoms. The molecule has 0 fully saturated rings. The third kappa shape index (κ3) is 4.74. The number of carbonyl (C=O) groups is 1. The molecular formula is C18H16FN5O2S. The van der Waals surface area contributed by atoms with Crippen molar-refractivity contribution in [3.05, 3.63) is 65.1 Å². The molecule has 0 radical (unpaired) electrons. The van der Waals surface area contributed by atoms with Crippen LogP contribution in [0.25, 0.3) is 0 Å². The second-order valence-electron chi connectivity index (χ2n) is 5.74. The largest absolute Gasteiger partial charge is 0.467 e. The Kier molecular flexibility index (Phi) is 5.88. The van der Waals surface area contributed by atoms with Gasteiger partial charge in [-0.05, 0) is 29.8 Å². The Balaban J connectivity index is 1.79. The lowest BCUT2D eigenvalue weighted by atomic mass is 10.1. The number of benzene rings is 1. The number of primary amides is 1. The van der Waals surface area contributed by atoms with E-state index in [0.29, 0.717) is 41.0 Å². The summed E-state index contributed by atoms with van der Waals surface area (Å²) in [5.74, 6) is 0.780. The summed E-state index contributed by atoms with van der Waals surface area (Å²) in [6.07, 6.45) is 2.09. The molecule has 9 heteroatoms. The number of amides is 1. The maximum atomic E-state index is 14.1. The monoisotopic (exact) mass is 385 g/mol. The molecule has 3 rings (SSSR count). The van der Waals surface area contributed by atoms with E-state index < -0.39 is 11.7 Å². The summed E-state index contributed by atoms with van der Waals surface area (Å²) in [6, 6.07) is 9.88. The van der Waals surface area contributed by atoms with Crippen LogP contribution in [0.2, 0.25) is 0 Å². The number of furan rings is 1. The number of hydrogen-bond acceptors (Lipinski definition) is 6. The van der Waals surface area contributed by atoms with Crippen LogP contribution in [-0.4, -0.2) is 20.7 Å².